The van der Waals surface area contributed by atoms with Gasteiger partial charge in [-0.25, -0.2) is 0 Å². The summed E-state index contributed by atoms with van der Waals surface area (Å²) in [6, 6.07) is 0. The first kappa shape index (κ1) is 27.9. The second-order valence-electron chi connectivity index (χ2n) is 8.76. The van der Waals surface area contributed by atoms with E-state index in [0.717, 1.165) is 0 Å². The lowest BCUT2D eigenvalue weighted by Gasteiger charge is -2.25. The minimum atomic E-state index is 1.19. The van der Waals surface area contributed by atoms with Crippen molar-refractivity contribution in [2.45, 2.75) is 130 Å². The third-order valence-electron chi connectivity index (χ3n) is 6.40. The summed E-state index contributed by atoms with van der Waals surface area (Å²) in [5.41, 5.74) is 0. The van der Waals surface area contributed by atoms with E-state index in [-0.39, 0.29) is 0 Å². The lowest BCUT2D eigenvalue weighted by atomic mass is 10.0. The van der Waals surface area contributed by atoms with Crippen molar-refractivity contribution < 1.29 is 0 Å². The van der Waals surface area contributed by atoms with Crippen molar-refractivity contribution in [2.24, 2.45) is 0 Å². The van der Waals surface area contributed by atoms with Gasteiger partial charge in [0.1, 0.15) is 0 Å². The van der Waals surface area contributed by atoms with Gasteiger partial charge >= 0.3 is 0 Å². The molecule has 0 aromatic carbocycles. The first-order chi connectivity index (χ1) is 13.8. The molecule has 0 saturated heterocycles. The molecule has 170 valence electrons. The van der Waals surface area contributed by atoms with Gasteiger partial charge in [0.15, 0.2) is 0 Å². The van der Waals surface area contributed by atoms with Crippen molar-refractivity contribution in [1.29, 1.82) is 0 Å². The summed E-state index contributed by atoms with van der Waals surface area (Å²) >= 11 is 0. The minimum Gasteiger partial charge on any atom is -0.303 e. The van der Waals surface area contributed by atoms with Gasteiger partial charge in [0.25, 0.3) is 0 Å². The van der Waals surface area contributed by atoms with Crippen LogP contribution in [-0.2, 0) is 0 Å². The van der Waals surface area contributed by atoms with Crippen LogP contribution in [0.15, 0.2) is 0 Å². The van der Waals surface area contributed by atoms with Crippen molar-refractivity contribution in [2.75, 3.05) is 39.3 Å². The quantitative estimate of drug-likeness (QED) is 0.162. The predicted molar refractivity (Wildman–Crippen MR) is 129 cm³/mol. The van der Waals surface area contributed by atoms with Crippen molar-refractivity contribution in [3.63, 3.8) is 0 Å². The molecule has 0 bridgehead atoms. The molecule has 0 saturated carbocycles. The Labute approximate surface area is 179 Å². The molecule has 0 aliphatic carbocycles. The number of hydrogen-bond acceptors (Lipinski definition) is 2. The number of unbranched alkanes of at least 4 members (excludes halogenated alkanes) is 15. The number of likely N-dealkylation sites (N-methyl/N-ethyl adjacent to an activating group) is 2. The molecule has 2 nitrogen and oxygen atoms in total. The predicted octanol–water partition coefficient (Wildman–Crippen LogP) is 7.91. The highest BCUT2D eigenvalue weighted by atomic mass is 15.2. The topological polar surface area (TPSA) is 6.48 Å². The molecule has 0 rings (SSSR count). The average molecular weight is 397 g/mol. The van der Waals surface area contributed by atoms with Crippen LogP contribution >= 0.6 is 0 Å². The lowest BCUT2D eigenvalue weighted by Crippen LogP contribution is -2.35. The maximum absolute atomic E-state index is 2.64. The van der Waals surface area contributed by atoms with Gasteiger partial charge in [-0.1, -0.05) is 124 Å². The van der Waals surface area contributed by atoms with Crippen molar-refractivity contribution in [3.05, 3.63) is 0 Å². The standard InChI is InChI=1S/C26H56N2/c1-5-9-10-11-12-13-14-15-16-17-18-19-20-21-22-23-24-28(8-4)26-25-27(6-2)7-3/h5-26H2,1-4H3. The molecule has 0 aromatic rings. The van der Waals surface area contributed by atoms with Gasteiger partial charge in [0.05, 0.1) is 0 Å². The molecule has 0 amide bonds. The molecule has 0 unspecified atom stereocenters. The van der Waals surface area contributed by atoms with Crippen LogP contribution in [-0.4, -0.2) is 49.1 Å². The van der Waals surface area contributed by atoms with E-state index < -0.39 is 0 Å². The molecule has 2 heteroatoms. The van der Waals surface area contributed by atoms with Crippen LogP contribution in [0.1, 0.15) is 130 Å². The zero-order valence-electron chi connectivity index (χ0n) is 20.5. The number of rotatable bonds is 23. The summed E-state index contributed by atoms with van der Waals surface area (Å²) in [5.74, 6) is 0. The Bertz CT molecular complexity index is 276. The van der Waals surface area contributed by atoms with Crippen molar-refractivity contribution >= 4 is 0 Å². The zero-order valence-corrected chi connectivity index (χ0v) is 20.5. The van der Waals surface area contributed by atoms with E-state index in [1.807, 2.05) is 0 Å². The van der Waals surface area contributed by atoms with Crippen molar-refractivity contribution in [3.8, 4) is 0 Å². The Hall–Kier alpha value is -0.0800. The summed E-state index contributed by atoms with van der Waals surface area (Å²) in [6.07, 6.45) is 23.3. The van der Waals surface area contributed by atoms with Gasteiger partial charge in [-0.2, -0.15) is 0 Å². The van der Waals surface area contributed by atoms with Crippen LogP contribution < -0.4 is 0 Å². The van der Waals surface area contributed by atoms with Gasteiger partial charge in [-0.05, 0) is 32.6 Å². The summed E-state index contributed by atoms with van der Waals surface area (Å²) in [7, 11) is 0. The second-order valence-corrected chi connectivity index (χ2v) is 8.76. The Morgan fingerprint density at radius 3 is 1.00 bits per heavy atom. The first-order valence-electron chi connectivity index (χ1n) is 13.2. The molecule has 0 N–H and O–H groups in total. The van der Waals surface area contributed by atoms with Crippen LogP contribution in [0.4, 0.5) is 0 Å². The van der Waals surface area contributed by atoms with E-state index in [1.54, 1.807) is 0 Å². The first-order valence-corrected chi connectivity index (χ1v) is 13.2. The lowest BCUT2D eigenvalue weighted by molar-refractivity contribution is 0.217. The third kappa shape index (κ3) is 19.2. The molecule has 0 radical (unpaired) electrons. The number of hydrogen-bond donors (Lipinski definition) is 0. The Morgan fingerprint density at radius 2 is 0.643 bits per heavy atom. The molecule has 0 aromatic heterocycles. The Morgan fingerprint density at radius 1 is 0.321 bits per heavy atom. The molecule has 0 spiro atoms. The van der Waals surface area contributed by atoms with E-state index >= 15 is 0 Å². The fourth-order valence-corrected chi connectivity index (χ4v) is 4.13. The van der Waals surface area contributed by atoms with E-state index in [2.05, 4.69) is 37.5 Å². The summed E-state index contributed by atoms with van der Waals surface area (Å²) in [4.78, 5) is 5.18. The maximum Gasteiger partial charge on any atom is 0.0109 e. The summed E-state index contributed by atoms with van der Waals surface area (Å²) in [5, 5.41) is 0. The van der Waals surface area contributed by atoms with Gasteiger partial charge in [0.2, 0.25) is 0 Å². The molecule has 0 atom stereocenters. The van der Waals surface area contributed by atoms with Crippen LogP contribution in [0.3, 0.4) is 0 Å². The molecular weight excluding hydrogens is 340 g/mol. The fourth-order valence-electron chi connectivity index (χ4n) is 4.13. The molecule has 0 fully saturated rings. The summed E-state index contributed by atoms with van der Waals surface area (Å²) in [6.45, 7) is 16.5. The third-order valence-corrected chi connectivity index (χ3v) is 6.40. The largest absolute Gasteiger partial charge is 0.303 e. The van der Waals surface area contributed by atoms with Crippen LogP contribution in [0, 0.1) is 0 Å². The number of nitrogens with zero attached hydrogens (tertiary/aromatic N) is 2. The fraction of sp³-hybridized carbons (Fsp3) is 1.00. The molecule has 0 aliphatic rings. The van der Waals surface area contributed by atoms with E-state index in [4.69, 9.17) is 0 Å². The molecule has 0 heterocycles. The second kappa shape index (κ2) is 23.2. The maximum atomic E-state index is 2.64. The molecule has 0 aliphatic heterocycles. The molecule has 28 heavy (non-hydrogen) atoms. The van der Waals surface area contributed by atoms with Gasteiger partial charge in [-0.15, -0.1) is 0 Å². The van der Waals surface area contributed by atoms with E-state index in [1.165, 1.54) is 142 Å². The van der Waals surface area contributed by atoms with Gasteiger partial charge in [-0.3, -0.25) is 0 Å². The van der Waals surface area contributed by atoms with Gasteiger partial charge < -0.3 is 9.80 Å². The van der Waals surface area contributed by atoms with Crippen LogP contribution in [0.5, 0.6) is 0 Å². The van der Waals surface area contributed by atoms with Crippen LogP contribution in [0.2, 0.25) is 0 Å². The minimum absolute atomic E-state index is 1.19. The SMILES string of the molecule is CCCCCCCCCCCCCCCCCCN(CC)CCN(CC)CC. The highest BCUT2D eigenvalue weighted by Crippen LogP contribution is 2.13. The molecular formula is C26H56N2. The highest BCUT2D eigenvalue weighted by Gasteiger charge is 2.05. The zero-order chi connectivity index (χ0) is 20.7. The van der Waals surface area contributed by atoms with Crippen LogP contribution in [0.25, 0.3) is 0 Å². The normalized spacial score (nSPS) is 11.8. The van der Waals surface area contributed by atoms with Crippen molar-refractivity contribution in [1.82, 2.24) is 9.80 Å². The van der Waals surface area contributed by atoms with E-state index in [9.17, 15) is 0 Å². The Balaban J connectivity index is 3.27. The van der Waals surface area contributed by atoms with E-state index in [0.29, 0.717) is 0 Å². The average Bonchev–Trinajstić information content (AvgIpc) is 2.72. The Kier molecular flexibility index (Phi) is 23.1. The summed E-state index contributed by atoms with van der Waals surface area (Å²) < 4.78 is 0. The van der Waals surface area contributed by atoms with Gasteiger partial charge in [0, 0.05) is 13.1 Å². The smallest absolute Gasteiger partial charge is 0.0109 e. The monoisotopic (exact) mass is 396 g/mol. The highest BCUT2D eigenvalue weighted by molar-refractivity contribution is 4.61.